The van der Waals surface area contributed by atoms with E-state index < -0.39 is 0 Å². The number of rotatable bonds is 2. The highest BCUT2D eigenvalue weighted by atomic mass is 79.9. The Hall–Kier alpha value is -0.910. The van der Waals surface area contributed by atoms with Crippen LogP contribution in [-0.4, -0.2) is 26.9 Å². The molecule has 1 aromatic rings. The maximum atomic E-state index is 11.9. The van der Waals surface area contributed by atoms with Gasteiger partial charge in [0.05, 0.1) is 0 Å². The van der Waals surface area contributed by atoms with Gasteiger partial charge in [0.2, 0.25) is 0 Å². The van der Waals surface area contributed by atoms with Gasteiger partial charge in [-0.1, -0.05) is 18.1 Å². The van der Waals surface area contributed by atoms with Gasteiger partial charge in [-0.05, 0) is 28.8 Å². The first-order valence-electron chi connectivity index (χ1n) is 5.04. The minimum Gasteiger partial charge on any atom is -0.348 e. The van der Waals surface area contributed by atoms with Crippen LogP contribution in [0.2, 0.25) is 0 Å². The summed E-state index contributed by atoms with van der Waals surface area (Å²) < 4.78 is 1.98. The number of nitrogens with zero attached hydrogens (tertiary/aromatic N) is 3. The van der Waals surface area contributed by atoms with Crippen molar-refractivity contribution in [1.82, 2.24) is 20.3 Å². The number of amides is 1. The summed E-state index contributed by atoms with van der Waals surface area (Å²) in [7, 11) is 1.71. The molecule has 0 aliphatic heterocycles. The lowest BCUT2D eigenvalue weighted by Gasteiger charge is -2.11. The molecule has 1 saturated carbocycles. The van der Waals surface area contributed by atoms with Gasteiger partial charge in [0.15, 0.2) is 10.3 Å². The van der Waals surface area contributed by atoms with Crippen LogP contribution in [0.15, 0.2) is 4.60 Å². The van der Waals surface area contributed by atoms with Crippen molar-refractivity contribution in [1.29, 1.82) is 0 Å². The summed E-state index contributed by atoms with van der Waals surface area (Å²) in [6.45, 7) is 0. The molecule has 1 aromatic heterocycles. The minimum atomic E-state index is -0.0960. The van der Waals surface area contributed by atoms with Crippen molar-refractivity contribution in [2.24, 2.45) is 7.05 Å². The van der Waals surface area contributed by atoms with Crippen LogP contribution in [-0.2, 0) is 7.05 Å². The monoisotopic (exact) mass is 272 g/mol. The Morgan fingerprint density at radius 2 is 2.20 bits per heavy atom. The fourth-order valence-electron chi connectivity index (χ4n) is 1.90. The second-order valence-corrected chi connectivity index (χ2v) is 4.56. The van der Waals surface area contributed by atoms with E-state index in [-0.39, 0.29) is 5.91 Å². The normalized spacial score (nSPS) is 16.9. The Bertz CT molecular complexity index is 351. The highest BCUT2D eigenvalue weighted by molar-refractivity contribution is 9.10. The molecule has 1 fully saturated rings. The van der Waals surface area contributed by atoms with E-state index in [9.17, 15) is 4.79 Å². The van der Waals surface area contributed by atoms with Gasteiger partial charge in [-0.15, -0.1) is 5.10 Å². The molecule has 0 unspecified atom stereocenters. The van der Waals surface area contributed by atoms with Gasteiger partial charge < -0.3 is 5.32 Å². The van der Waals surface area contributed by atoms with Crippen LogP contribution < -0.4 is 5.32 Å². The zero-order valence-electron chi connectivity index (χ0n) is 8.53. The molecule has 1 aliphatic carbocycles. The van der Waals surface area contributed by atoms with Gasteiger partial charge in [0.1, 0.15) is 0 Å². The third-order valence-corrected chi connectivity index (χ3v) is 3.23. The molecule has 0 aromatic carbocycles. The number of aryl methyl sites for hydroxylation is 1. The van der Waals surface area contributed by atoms with Gasteiger partial charge in [0.25, 0.3) is 5.91 Å². The lowest BCUT2D eigenvalue weighted by molar-refractivity contribution is 0.0927. The van der Waals surface area contributed by atoms with Crippen LogP contribution >= 0.6 is 15.9 Å². The van der Waals surface area contributed by atoms with Crippen molar-refractivity contribution in [2.45, 2.75) is 31.7 Å². The first kappa shape index (κ1) is 10.6. The van der Waals surface area contributed by atoms with Gasteiger partial charge >= 0.3 is 0 Å². The number of carbonyl (C=O) groups is 1. The molecular weight excluding hydrogens is 260 g/mol. The molecule has 1 N–H and O–H groups in total. The molecule has 6 heteroatoms. The Labute approximate surface area is 96.4 Å². The molecule has 0 radical (unpaired) electrons. The zero-order chi connectivity index (χ0) is 10.8. The molecule has 0 spiro atoms. The van der Waals surface area contributed by atoms with E-state index in [1.807, 2.05) is 0 Å². The quantitative estimate of drug-likeness (QED) is 0.882. The summed E-state index contributed by atoms with van der Waals surface area (Å²) in [6, 6.07) is 0.319. The van der Waals surface area contributed by atoms with Crippen LogP contribution in [0.4, 0.5) is 0 Å². The number of nitrogens with one attached hydrogen (secondary N) is 1. The van der Waals surface area contributed by atoms with Gasteiger partial charge in [-0.3, -0.25) is 4.79 Å². The molecule has 82 valence electrons. The van der Waals surface area contributed by atoms with Crippen molar-refractivity contribution in [2.75, 3.05) is 0 Å². The Morgan fingerprint density at radius 1 is 1.53 bits per heavy atom. The topological polar surface area (TPSA) is 59.8 Å². The number of aromatic nitrogens is 3. The lowest BCUT2D eigenvalue weighted by Crippen LogP contribution is -2.34. The Kier molecular flexibility index (Phi) is 3.04. The molecule has 1 heterocycles. The van der Waals surface area contributed by atoms with Crippen LogP contribution in [0.5, 0.6) is 0 Å². The van der Waals surface area contributed by atoms with Crippen LogP contribution in [0.1, 0.15) is 36.2 Å². The molecule has 2 rings (SSSR count). The molecule has 15 heavy (non-hydrogen) atoms. The Balaban J connectivity index is 2.07. The lowest BCUT2D eigenvalue weighted by atomic mass is 10.2. The maximum absolute atomic E-state index is 11.9. The van der Waals surface area contributed by atoms with Crippen molar-refractivity contribution < 1.29 is 4.79 Å². The third-order valence-electron chi connectivity index (χ3n) is 2.69. The summed E-state index contributed by atoms with van der Waals surface area (Å²) in [4.78, 5) is 11.9. The van der Waals surface area contributed by atoms with E-state index in [0.29, 0.717) is 16.3 Å². The molecule has 1 amide bonds. The highest BCUT2D eigenvalue weighted by Gasteiger charge is 2.22. The van der Waals surface area contributed by atoms with E-state index in [1.54, 1.807) is 7.05 Å². The van der Waals surface area contributed by atoms with Gasteiger partial charge in [0, 0.05) is 13.1 Å². The Morgan fingerprint density at radius 3 is 2.73 bits per heavy atom. The largest absolute Gasteiger partial charge is 0.348 e. The van der Waals surface area contributed by atoms with Crippen molar-refractivity contribution in [3.8, 4) is 0 Å². The molecule has 0 saturated heterocycles. The fraction of sp³-hybridized carbons (Fsp3) is 0.667. The van der Waals surface area contributed by atoms with E-state index in [4.69, 9.17) is 0 Å². The molecule has 0 atom stereocenters. The van der Waals surface area contributed by atoms with Crippen LogP contribution in [0.25, 0.3) is 0 Å². The summed E-state index contributed by atoms with van der Waals surface area (Å²) in [6.07, 6.45) is 4.56. The number of carbonyl (C=O) groups excluding carboxylic acids is 1. The summed E-state index contributed by atoms with van der Waals surface area (Å²) in [5.74, 6) is -0.0960. The van der Waals surface area contributed by atoms with Crippen molar-refractivity contribution >= 4 is 21.8 Å². The third kappa shape index (κ3) is 2.19. The summed E-state index contributed by atoms with van der Waals surface area (Å²) in [5, 5.41) is 10.5. The molecule has 1 aliphatic rings. The standard InChI is InChI=1S/C9H13BrN4O/c1-14-7(8(10)12-13-14)9(15)11-6-4-2-3-5-6/h6H,2-5H2,1H3,(H,11,15). The van der Waals surface area contributed by atoms with Gasteiger partial charge in [-0.2, -0.15) is 0 Å². The summed E-state index contributed by atoms with van der Waals surface area (Å²) in [5.41, 5.74) is 0.488. The summed E-state index contributed by atoms with van der Waals surface area (Å²) >= 11 is 3.21. The van der Waals surface area contributed by atoms with E-state index in [2.05, 4.69) is 31.6 Å². The predicted octanol–water partition coefficient (Wildman–Crippen LogP) is 1.25. The fourth-order valence-corrected chi connectivity index (χ4v) is 2.40. The second kappa shape index (κ2) is 4.30. The second-order valence-electron chi connectivity index (χ2n) is 3.81. The van der Waals surface area contributed by atoms with E-state index >= 15 is 0 Å². The van der Waals surface area contributed by atoms with Crippen molar-refractivity contribution in [3.63, 3.8) is 0 Å². The highest BCUT2D eigenvalue weighted by Crippen LogP contribution is 2.19. The zero-order valence-corrected chi connectivity index (χ0v) is 10.1. The number of halogens is 1. The van der Waals surface area contributed by atoms with E-state index in [0.717, 1.165) is 12.8 Å². The smallest absolute Gasteiger partial charge is 0.272 e. The SMILES string of the molecule is Cn1nnc(Br)c1C(=O)NC1CCCC1. The molecule has 0 bridgehead atoms. The van der Waals surface area contributed by atoms with E-state index in [1.165, 1.54) is 17.5 Å². The first-order chi connectivity index (χ1) is 7.18. The molecular formula is C9H13BrN4O. The first-order valence-corrected chi connectivity index (χ1v) is 5.84. The van der Waals surface area contributed by atoms with Crippen molar-refractivity contribution in [3.05, 3.63) is 10.3 Å². The average Bonchev–Trinajstić information content (AvgIpc) is 2.77. The molecule has 5 nitrogen and oxygen atoms in total. The maximum Gasteiger partial charge on any atom is 0.272 e. The number of hydrogen-bond acceptors (Lipinski definition) is 3. The van der Waals surface area contributed by atoms with Gasteiger partial charge in [-0.25, -0.2) is 4.68 Å². The van der Waals surface area contributed by atoms with Crippen LogP contribution in [0, 0.1) is 0 Å². The predicted molar refractivity (Wildman–Crippen MR) is 58.4 cm³/mol. The number of hydrogen-bond donors (Lipinski definition) is 1. The van der Waals surface area contributed by atoms with Crippen LogP contribution in [0.3, 0.4) is 0 Å². The average molecular weight is 273 g/mol. The minimum absolute atomic E-state index is 0.0960.